The van der Waals surface area contributed by atoms with Crippen molar-refractivity contribution in [1.82, 2.24) is 20.3 Å². The molecule has 0 atom stereocenters. The average molecular weight is 455 g/mol. The summed E-state index contributed by atoms with van der Waals surface area (Å²) in [5.74, 6) is 0.0732. The van der Waals surface area contributed by atoms with Gasteiger partial charge in [0.15, 0.2) is 5.82 Å². The summed E-state index contributed by atoms with van der Waals surface area (Å²) in [6.45, 7) is 7.14. The summed E-state index contributed by atoms with van der Waals surface area (Å²) in [7, 11) is 0. The predicted octanol–water partition coefficient (Wildman–Crippen LogP) is 2.75. The van der Waals surface area contributed by atoms with E-state index in [1.54, 1.807) is 6.07 Å². The van der Waals surface area contributed by atoms with E-state index in [1.807, 2.05) is 31.2 Å². The summed E-state index contributed by atoms with van der Waals surface area (Å²) in [6, 6.07) is 12.0. The van der Waals surface area contributed by atoms with Gasteiger partial charge in [0.1, 0.15) is 5.82 Å². The molecule has 0 unspecified atom stereocenters. The molecule has 7 nitrogen and oxygen atoms in total. The van der Waals surface area contributed by atoms with Crippen molar-refractivity contribution in [1.29, 1.82) is 0 Å². The number of nitrogens with zero attached hydrogens (tertiary/aromatic N) is 2. The normalized spacial score (nSPS) is 11.2. The lowest BCUT2D eigenvalue weighted by Crippen LogP contribution is -2.33. The number of aromatic nitrogens is 2. The fourth-order valence-electron chi connectivity index (χ4n) is 3.58. The van der Waals surface area contributed by atoms with Gasteiger partial charge >= 0.3 is 0 Å². The molecule has 0 saturated carbocycles. The zero-order chi connectivity index (χ0) is 23.5. The third kappa shape index (κ3) is 7.35. The number of halogens is 1. The number of nitrogens with one attached hydrogen (secondary N) is 3. The molecule has 0 aliphatic carbocycles. The summed E-state index contributed by atoms with van der Waals surface area (Å²) in [4.78, 5) is 17.8. The first-order valence-corrected chi connectivity index (χ1v) is 11.7. The van der Waals surface area contributed by atoms with Crippen LogP contribution in [0.2, 0.25) is 0 Å². The first-order chi connectivity index (χ1) is 16.1. The number of unbranched alkanes of at least 4 members (excludes halogenated alkanes) is 1. The van der Waals surface area contributed by atoms with Crippen LogP contribution in [0.3, 0.4) is 0 Å². The van der Waals surface area contributed by atoms with Gasteiger partial charge in [-0.1, -0.05) is 29.8 Å². The lowest BCUT2D eigenvalue weighted by molar-refractivity contribution is 0.569. The maximum absolute atomic E-state index is 13.8. The van der Waals surface area contributed by atoms with Gasteiger partial charge in [0.2, 0.25) is 0 Å². The molecule has 0 aliphatic heterocycles. The number of fused-ring (bicyclic) bond motifs is 1. The summed E-state index contributed by atoms with van der Waals surface area (Å²) in [6.07, 6.45) is 4.10. The van der Waals surface area contributed by atoms with Gasteiger partial charge in [-0.25, -0.2) is 14.1 Å². The number of hydrogen-bond acceptors (Lipinski definition) is 6. The van der Waals surface area contributed by atoms with Crippen molar-refractivity contribution in [3.8, 4) is 11.4 Å². The molecular weight excluding hydrogens is 419 g/mol. The highest BCUT2D eigenvalue weighted by Gasteiger charge is 2.13. The van der Waals surface area contributed by atoms with Crippen LogP contribution in [0.1, 0.15) is 31.2 Å². The zero-order valence-corrected chi connectivity index (χ0v) is 19.4. The maximum Gasteiger partial charge on any atom is 0.280 e. The Hall–Kier alpha value is -2.81. The van der Waals surface area contributed by atoms with E-state index in [0.717, 1.165) is 69.5 Å². The molecule has 0 fully saturated rings. The second kappa shape index (κ2) is 13.0. The van der Waals surface area contributed by atoms with E-state index in [-0.39, 0.29) is 10.9 Å². The minimum absolute atomic E-state index is 0.261. The van der Waals surface area contributed by atoms with E-state index in [9.17, 15) is 9.18 Å². The van der Waals surface area contributed by atoms with Crippen LogP contribution in [0.15, 0.2) is 47.3 Å². The molecule has 3 rings (SSSR count). The smallest absolute Gasteiger partial charge is 0.280 e. The maximum atomic E-state index is 13.8. The molecule has 0 radical (unpaired) electrons. The monoisotopic (exact) mass is 454 g/mol. The first-order valence-electron chi connectivity index (χ1n) is 11.7. The van der Waals surface area contributed by atoms with E-state index >= 15 is 0 Å². The molecule has 0 spiro atoms. The molecule has 33 heavy (non-hydrogen) atoms. The van der Waals surface area contributed by atoms with Gasteiger partial charge in [0.25, 0.3) is 5.56 Å². The van der Waals surface area contributed by atoms with Crippen molar-refractivity contribution in [2.24, 2.45) is 5.73 Å². The van der Waals surface area contributed by atoms with Gasteiger partial charge in [0.05, 0.1) is 10.9 Å². The van der Waals surface area contributed by atoms with Gasteiger partial charge < -0.3 is 21.8 Å². The quantitative estimate of drug-likeness (QED) is 0.280. The Morgan fingerprint density at radius 1 is 0.909 bits per heavy atom. The SMILES string of the molecule is Cc1ccc(-c2nc3ccc(F)cc3c(=O)n2NCCCNCCCCNCCCN)cc1. The lowest BCUT2D eigenvalue weighted by atomic mass is 10.1. The number of rotatable bonds is 14. The Morgan fingerprint density at radius 2 is 1.58 bits per heavy atom. The highest BCUT2D eigenvalue weighted by Crippen LogP contribution is 2.19. The highest BCUT2D eigenvalue weighted by molar-refractivity contribution is 5.80. The first kappa shape index (κ1) is 24.8. The van der Waals surface area contributed by atoms with Gasteiger partial charge in [-0.3, -0.25) is 4.79 Å². The topological polar surface area (TPSA) is 97.0 Å². The summed E-state index contributed by atoms with van der Waals surface area (Å²) >= 11 is 0. The molecular formula is C25H35FN6O. The molecule has 0 aliphatic rings. The van der Waals surface area contributed by atoms with Crippen LogP contribution in [0.25, 0.3) is 22.3 Å². The summed E-state index contributed by atoms with van der Waals surface area (Å²) in [5.41, 5.74) is 10.8. The molecule has 1 heterocycles. The van der Waals surface area contributed by atoms with Crippen molar-refractivity contribution in [2.45, 2.75) is 32.6 Å². The van der Waals surface area contributed by atoms with Crippen LogP contribution in [0.5, 0.6) is 0 Å². The van der Waals surface area contributed by atoms with Crippen LogP contribution in [0, 0.1) is 12.7 Å². The van der Waals surface area contributed by atoms with E-state index < -0.39 is 5.82 Å². The molecule has 0 amide bonds. The van der Waals surface area contributed by atoms with E-state index in [0.29, 0.717) is 17.9 Å². The molecule has 8 heteroatoms. The third-order valence-corrected chi connectivity index (χ3v) is 5.46. The second-order valence-corrected chi connectivity index (χ2v) is 8.21. The van der Waals surface area contributed by atoms with Crippen molar-refractivity contribution in [2.75, 3.05) is 44.7 Å². The van der Waals surface area contributed by atoms with Gasteiger partial charge in [0, 0.05) is 12.1 Å². The molecule has 1 aromatic heterocycles. The fraction of sp³-hybridized carbons (Fsp3) is 0.440. The highest BCUT2D eigenvalue weighted by atomic mass is 19.1. The van der Waals surface area contributed by atoms with Crippen molar-refractivity contribution < 1.29 is 4.39 Å². The van der Waals surface area contributed by atoms with E-state index in [1.165, 1.54) is 16.8 Å². The van der Waals surface area contributed by atoms with Crippen LogP contribution >= 0.6 is 0 Å². The number of hydrogen-bond donors (Lipinski definition) is 4. The van der Waals surface area contributed by atoms with E-state index in [4.69, 9.17) is 5.73 Å². The largest absolute Gasteiger partial charge is 0.330 e. The fourth-order valence-corrected chi connectivity index (χ4v) is 3.58. The Labute approximate surface area is 194 Å². The van der Waals surface area contributed by atoms with Gasteiger partial charge in [-0.15, -0.1) is 0 Å². The molecule has 5 N–H and O–H groups in total. The Balaban J connectivity index is 1.57. The van der Waals surface area contributed by atoms with Crippen molar-refractivity contribution >= 4 is 10.9 Å². The number of benzene rings is 2. The van der Waals surface area contributed by atoms with Crippen LogP contribution < -0.4 is 27.4 Å². The number of nitrogens with two attached hydrogens (primary N) is 1. The number of aryl methyl sites for hydroxylation is 1. The summed E-state index contributed by atoms with van der Waals surface area (Å²) < 4.78 is 15.2. The molecule has 2 aromatic carbocycles. The average Bonchev–Trinajstić information content (AvgIpc) is 2.82. The Bertz CT molecular complexity index is 1070. The summed E-state index contributed by atoms with van der Waals surface area (Å²) in [5, 5.41) is 7.08. The van der Waals surface area contributed by atoms with Crippen molar-refractivity contribution in [3.63, 3.8) is 0 Å². The minimum Gasteiger partial charge on any atom is -0.330 e. The predicted molar refractivity (Wildman–Crippen MR) is 134 cm³/mol. The third-order valence-electron chi connectivity index (χ3n) is 5.46. The van der Waals surface area contributed by atoms with E-state index in [2.05, 4.69) is 21.0 Å². The Morgan fingerprint density at radius 3 is 2.27 bits per heavy atom. The van der Waals surface area contributed by atoms with Crippen molar-refractivity contribution in [3.05, 3.63) is 64.2 Å². The molecule has 178 valence electrons. The van der Waals surface area contributed by atoms with Gasteiger partial charge in [-0.05, 0) is 83.5 Å². The standard InChI is InChI=1S/C25H35FN6O/c1-19-6-8-20(9-7-19)24-31-23-11-10-21(26)18-22(23)25(33)32(24)30-17-5-16-29-14-3-2-13-28-15-4-12-27/h6-11,18,28-30H,2-5,12-17,27H2,1H3. The molecule has 0 saturated heterocycles. The molecule has 3 aromatic rings. The van der Waals surface area contributed by atoms with Gasteiger partial charge in [-0.2, -0.15) is 0 Å². The lowest BCUT2D eigenvalue weighted by Gasteiger charge is -2.16. The van der Waals surface area contributed by atoms with Crippen LogP contribution in [-0.4, -0.2) is 48.9 Å². The molecule has 0 bridgehead atoms. The Kier molecular flexibility index (Phi) is 9.80. The zero-order valence-electron chi connectivity index (χ0n) is 19.4. The minimum atomic E-state index is -0.449. The second-order valence-electron chi connectivity index (χ2n) is 8.21. The van der Waals surface area contributed by atoms with Crippen LogP contribution in [-0.2, 0) is 0 Å². The van der Waals surface area contributed by atoms with Crippen LogP contribution in [0.4, 0.5) is 4.39 Å².